The van der Waals surface area contributed by atoms with Crippen LogP contribution in [0.3, 0.4) is 0 Å². The molecule has 2 N–H and O–H groups in total. The van der Waals surface area contributed by atoms with Crippen molar-refractivity contribution in [1.29, 1.82) is 0 Å². The van der Waals surface area contributed by atoms with Crippen LogP contribution in [0.2, 0.25) is 0 Å². The van der Waals surface area contributed by atoms with Gasteiger partial charge in [0.15, 0.2) is 11.2 Å². The van der Waals surface area contributed by atoms with Crippen molar-refractivity contribution in [2.75, 3.05) is 0 Å². The quantitative estimate of drug-likeness (QED) is 0.428. The molecule has 164 valence electrons. The van der Waals surface area contributed by atoms with E-state index in [1.165, 1.54) is 23.3 Å². The highest BCUT2D eigenvalue weighted by molar-refractivity contribution is 5.80. The maximum Gasteiger partial charge on any atom is 0.413 e. The smallest absolute Gasteiger partial charge is 0.413 e. The zero-order valence-electron chi connectivity index (χ0n) is 17.4. The minimum Gasteiger partial charge on any atom is -0.443 e. The van der Waals surface area contributed by atoms with Crippen LogP contribution in [0.4, 0.5) is 4.79 Å². The van der Waals surface area contributed by atoms with Crippen LogP contribution >= 0.6 is 0 Å². The van der Waals surface area contributed by atoms with E-state index >= 15 is 0 Å². The summed E-state index contributed by atoms with van der Waals surface area (Å²) in [5.74, 6) is 0.462. The highest BCUT2D eigenvalue weighted by atomic mass is 16.6. The molecule has 33 heavy (non-hydrogen) atoms. The Bertz CT molecular complexity index is 1470. The molecule has 0 aliphatic heterocycles. The van der Waals surface area contributed by atoms with E-state index in [4.69, 9.17) is 9.15 Å². The summed E-state index contributed by atoms with van der Waals surface area (Å²) in [7, 11) is 1.71. The molecule has 1 aromatic carbocycles. The fourth-order valence-electron chi connectivity index (χ4n) is 3.60. The predicted molar refractivity (Wildman–Crippen MR) is 119 cm³/mol. The lowest BCUT2D eigenvalue weighted by molar-refractivity contribution is 0.198. The number of nitrogens with zero attached hydrogens (tertiary/aromatic N) is 4. The van der Waals surface area contributed by atoms with Crippen molar-refractivity contribution >= 4 is 17.1 Å². The number of aryl methyl sites for hydroxylation is 1. The van der Waals surface area contributed by atoms with Crippen LogP contribution in [0.15, 0.2) is 82.7 Å². The third-order valence-corrected chi connectivity index (χ3v) is 5.03. The first-order valence-corrected chi connectivity index (χ1v) is 10.0. The van der Waals surface area contributed by atoms with Gasteiger partial charge >= 0.3 is 6.09 Å². The second-order valence-electron chi connectivity index (χ2n) is 7.21. The molecule has 0 radical (unpaired) electrons. The predicted octanol–water partition coefficient (Wildman–Crippen LogP) is 3.19. The van der Waals surface area contributed by atoms with E-state index in [0.717, 1.165) is 0 Å². The molecule has 5 rings (SSSR count). The van der Waals surface area contributed by atoms with Crippen LogP contribution in [0.1, 0.15) is 17.2 Å². The van der Waals surface area contributed by atoms with Gasteiger partial charge < -0.3 is 19.5 Å². The maximum absolute atomic E-state index is 13.7. The average molecular weight is 442 g/mol. The van der Waals surface area contributed by atoms with Crippen LogP contribution in [-0.4, -0.2) is 30.8 Å². The molecular formula is C23H18N6O4. The number of fused-ring (bicyclic) bond motifs is 1. The standard InChI is InChI=1S/C23H18N6O4/c1-29-13-15(12-26-29)33-23(31)28-18(14-6-3-2-4-7-14)17-19(22-25-10-11-32-22)27-21-16(20(17)30)8-5-9-24-21/h2-13,18H,1H3,(H,28,31)(H,24,27,30). The molecule has 10 heteroatoms. The zero-order chi connectivity index (χ0) is 22.8. The summed E-state index contributed by atoms with van der Waals surface area (Å²) in [6.45, 7) is 0. The van der Waals surface area contributed by atoms with Crippen LogP contribution < -0.4 is 15.5 Å². The van der Waals surface area contributed by atoms with Gasteiger partial charge in [-0.3, -0.25) is 9.48 Å². The van der Waals surface area contributed by atoms with Gasteiger partial charge in [-0.15, -0.1) is 0 Å². The molecule has 4 heterocycles. The van der Waals surface area contributed by atoms with E-state index < -0.39 is 12.1 Å². The van der Waals surface area contributed by atoms with Gasteiger partial charge in [0.1, 0.15) is 17.6 Å². The Morgan fingerprint density at radius 3 is 2.73 bits per heavy atom. The number of aromatic nitrogens is 5. The van der Waals surface area contributed by atoms with E-state index in [2.05, 4.69) is 25.4 Å². The number of carbonyl (C=O) groups excluding carboxylic acids is 1. The second-order valence-corrected chi connectivity index (χ2v) is 7.21. The number of ether oxygens (including phenoxy) is 1. The van der Waals surface area contributed by atoms with E-state index in [0.29, 0.717) is 22.3 Å². The third kappa shape index (κ3) is 3.97. The first-order chi connectivity index (χ1) is 16.1. The van der Waals surface area contributed by atoms with Gasteiger partial charge in [0.2, 0.25) is 5.89 Å². The maximum atomic E-state index is 13.7. The van der Waals surface area contributed by atoms with E-state index in [9.17, 15) is 9.59 Å². The molecule has 0 aliphatic carbocycles. The molecule has 10 nitrogen and oxygen atoms in total. The summed E-state index contributed by atoms with van der Waals surface area (Å²) in [5, 5.41) is 7.16. The molecular weight excluding hydrogens is 424 g/mol. The Hall–Kier alpha value is -4.73. The minimum atomic E-state index is -0.870. The third-order valence-electron chi connectivity index (χ3n) is 5.03. The van der Waals surface area contributed by atoms with Gasteiger partial charge in [0, 0.05) is 13.2 Å². The summed E-state index contributed by atoms with van der Waals surface area (Å²) in [4.78, 5) is 38.1. The molecule has 1 atom stereocenters. The lowest BCUT2D eigenvalue weighted by Crippen LogP contribution is -2.35. The largest absolute Gasteiger partial charge is 0.443 e. The first-order valence-electron chi connectivity index (χ1n) is 10.0. The van der Waals surface area contributed by atoms with E-state index in [1.807, 2.05) is 18.2 Å². The highest BCUT2D eigenvalue weighted by Gasteiger charge is 2.28. The summed E-state index contributed by atoms with van der Waals surface area (Å²) in [6.07, 6.45) is 6.69. The highest BCUT2D eigenvalue weighted by Crippen LogP contribution is 2.29. The molecule has 0 saturated carbocycles. The van der Waals surface area contributed by atoms with E-state index in [-0.39, 0.29) is 22.6 Å². The van der Waals surface area contributed by atoms with Crippen LogP contribution in [0.25, 0.3) is 22.6 Å². The van der Waals surface area contributed by atoms with Gasteiger partial charge in [-0.25, -0.2) is 14.8 Å². The molecule has 0 bridgehead atoms. The number of amides is 1. The first kappa shape index (κ1) is 20.2. The van der Waals surface area contributed by atoms with Crippen LogP contribution in [-0.2, 0) is 7.05 Å². The number of oxazole rings is 1. The van der Waals surface area contributed by atoms with Crippen LogP contribution in [0, 0.1) is 0 Å². The number of benzene rings is 1. The van der Waals surface area contributed by atoms with Gasteiger partial charge in [-0.2, -0.15) is 5.10 Å². The number of H-pyrrole nitrogens is 1. The molecule has 0 aliphatic rings. The van der Waals surface area contributed by atoms with Crippen molar-refractivity contribution < 1.29 is 13.9 Å². The Morgan fingerprint density at radius 2 is 2.00 bits per heavy atom. The summed E-state index contributed by atoms with van der Waals surface area (Å²) in [5.41, 5.74) is 1.28. The van der Waals surface area contributed by atoms with Gasteiger partial charge in [0.25, 0.3) is 0 Å². The summed E-state index contributed by atoms with van der Waals surface area (Å²) in [6, 6.07) is 11.6. The summed E-state index contributed by atoms with van der Waals surface area (Å²) >= 11 is 0. The Balaban J connectivity index is 1.66. The molecule has 4 aromatic heterocycles. The second kappa shape index (κ2) is 8.42. The topological polar surface area (TPSA) is 128 Å². The number of nitrogens with one attached hydrogen (secondary N) is 2. The van der Waals surface area contributed by atoms with Crippen molar-refractivity contribution in [2.45, 2.75) is 6.04 Å². The number of carbonyl (C=O) groups is 1. The monoisotopic (exact) mass is 442 g/mol. The number of hydrogen-bond acceptors (Lipinski definition) is 7. The zero-order valence-corrected chi connectivity index (χ0v) is 17.4. The van der Waals surface area contributed by atoms with Crippen molar-refractivity contribution in [1.82, 2.24) is 30.0 Å². The minimum absolute atomic E-state index is 0.193. The molecule has 1 unspecified atom stereocenters. The lowest BCUT2D eigenvalue weighted by Gasteiger charge is -2.21. The molecule has 0 spiro atoms. The van der Waals surface area contributed by atoms with Crippen molar-refractivity contribution in [3.8, 4) is 17.3 Å². The number of aromatic amines is 1. The summed E-state index contributed by atoms with van der Waals surface area (Å²) < 4.78 is 12.4. The van der Waals surface area contributed by atoms with Gasteiger partial charge in [-0.1, -0.05) is 30.3 Å². The van der Waals surface area contributed by atoms with Gasteiger partial charge in [0.05, 0.1) is 35.6 Å². The fourth-order valence-corrected chi connectivity index (χ4v) is 3.60. The van der Waals surface area contributed by atoms with Gasteiger partial charge in [-0.05, 0) is 17.7 Å². The normalized spacial score (nSPS) is 11.9. The SMILES string of the molecule is Cn1cc(OC(=O)NC(c2ccccc2)c2c(-c3ncco3)[nH]c3ncccc3c2=O)cn1. The Kier molecular flexibility index (Phi) is 5.15. The fraction of sp³-hybridized carbons (Fsp3) is 0.0870. The number of rotatable bonds is 5. The Morgan fingerprint density at radius 1 is 1.15 bits per heavy atom. The molecule has 0 fully saturated rings. The Labute approximate surface area is 186 Å². The van der Waals surface area contributed by atoms with Crippen LogP contribution in [0.5, 0.6) is 5.75 Å². The molecule has 1 amide bonds. The number of hydrogen-bond donors (Lipinski definition) is 2. The van der Waals surface area contributed by atoms with Crippen molar-refractivity contribution in [2.24, 2.45) is 7.05 Å². The van der Waals surface area contributed by atoms with E-state index in [1.54, 1.807) is 43.7 Å². The lowest BCUT2D eigenvalue weighted by atomic mass is 9.95. The van der Waals surface area contributed by atoms with Crippen molar-refractivity contribution in [3.63, 3.8) is 0 Å². The molecule has 0 saturated heterocycles. The average Bonchev–Trinajstić information content (AvgIpc) is 3.50. The molecule has 5 aromatic rings. The number of pyridine rings is 2. The van der Waals surface area contributed by atoms with Crippen molar-refractivity contribution in [3.05, 3.63) is 94.9 Å².